The summed E-state index contributed by atoms with van der Waals surface area (Å²) in [5, 5.41) is 9.50. The third-order valence-electron chi connectivity index (χ3n) is 4.03. The summed E-state index contributed by atoms with van der Waals surface area (Å²) in [6.07, 6.45) is 3.08. The summed E-state index contributed by atoms with van der Waals surface area (Å²) in [5.41, 5.74) is 1.02. The zero-order valence-corrected chi connectivity index (χ0v) is 15.9. The van der Waals surface area contributed by atoms with Crippen LogP contribution in [0, 0.1) is 18.8 Å². The van der Waals surface area contributed by atoms with E-state index in [-0.39, 0.29) is 36.8 Å². The highest BCUT2D eigenvalue weighted by atomic mass is 35.5. The number of rotatable bonds is 5. The van der Waals surface area contributed by atoms with Gasteiger partial charge in [-0.25, -0.2) is 4.98 Å². The van der Waals surface area contributed by atoms with Crippen molar-refractivity contribution < 1.29 is 4.79 Å². The van der Waals surface area contributed by atoms with Gasteiger partial charge in [0.15, 0.2) is 0 Å². The first-order valence-corrected chi connectivity index (χ1v) is 8.36. The molecular weight excluding hydrogens is 341 g/mol. The lowest BCUT2D eigenvalue weighted by molar-refractivity contribution is -0.123. The molecule has 2 N–H and O–H groups in total. The Labute approximate surface area is 149 Å². The zero-order chi connectivity index (χ0) is 14.5. The average Bonchev–Trinajstić information content (AvgIpc) is 2.86. The molecule has 1 amide bonds. The number of halogens is 2. The van der Waals surface area contributed by atoms with Crippen molar-refractivity contribution in [3.63, 3.8) is 0 Å². The number of piperidine rings is 1. The van der Waals surface area contributed by atoms with Crippen molar-refractivity contribution in [2.75, 3.05) is 13.1 Å². The largest absolute Gasteiger partial charge is 0.347 e. The highest BCUT2D eigenvalue weighted by Gasteiger charge is 2.23. The first kappa shape index (κ1) is 21.6. The average molecular weight is 368 g/mol. The van der Waals surface area contributed by atoms with Crippen LogP contribution in [0.2, 0.25) is 0 Å². The zero-order valence-electron chi connectivity index (χ0n) is 13.4. The van der Waals surface area contributed by atoms with Crippen LogP contribution in [0.25, 0.3) is 0 Å². The predicted molar refractivity (Wildman–Crippen MR) is 97.3 cm³/mol. The normalized spacial score (nSPS) is 20.2. The van der Waals surface area contributed by atoms with E-state index in [2.05, 4.69) is 22.5 Å². The van der Waals surface area contributed by atoms with E-state index in [1.807, 2.05) is 19.2 Å². The van der Waals surface area contributed by atoms with Crippen LogP contribution in [0.1, 0.15) is 49.9 Å². The highest BCUT2D eigenvalue weighted by Crippen LogP contribution is 2.23. The van der Waals surface area contributed by atoms with Crippen molar-refractivity contribution in [1.82, 2.24) is 15.6 Å². The van der Waals surface area contributed by atoms with E-state index in [0.29, 0.717) is 18.3 Å². The second kappa shape index (κ2) is 10.4. The van der Waals surface area contributed by atoms with Crippen molar-refractivity contribution in [3.05, 3.63) is 16.1 Å². The Balaban J connectivity index is 0.00000220. The van der Waals surface area contributed by atoms with Crippen molar-refractivity contribution in [3.8, 4) is 0 Å². The molecule has 2 heterocycles. The van der Waals surface area contributed by atoms with Crippen LogP contribution in [0.15, 0.2) is 5.38 Å². The van der Waals surface area contributed by atoms with E-state index in [1.54, 1.807) is 11.3 Å². The Hall–Kier alpha value is -0.360. The number of amides is 1. The minimum absolute atomic E-state index is 0. The van der Waals surface area contributed by atoms with Gasteiger partial charge in [0.1, 0.15) is 5.01 Å². The maximum Gasteiger partial charge on any atom is 0.220 e. The lowest BCUT2D eigenvalue weighted by Crippen LogP contribution is -2.36. The molecule has 0 aliphatic carbocycles. The fourth-order valence-corrected chi connectivity index (χ4v) is 3.56. The number of nitrogens with zero attached hydrogens (tertiary/aromatic N) is 1. The van der Waals surface area contributed by atoms with Crippen LogP contribution in [0.5, 0.6) is 0 Å². The lowest BCUT2D eigenvalue weighted by atomic mass is 9.85. The van der Waals surface area contributed by atoms with Gasteiger partial charge in [-0.2, -0.15) is 0 Å². The van der Waals surface area contributed by atoms with E-state index < -0.39 is 0 Å². The van der Waals surface area contributed by atoms with E-state index in [1.165, 1.54) is 12.8 Å². The van der Waals surface area contributed by atoms with Gasteiger partial charge in [0, 0.05) is 17.5 Å². The molecule has 7 heteroatoms. The second-order valence-electron chi connectivity index (χ2n) is 5.90. The van der Waals surface area contributed by atoms with Crippen LogP contribution in [-0.4, -0.2) is 24.0 Å². The van der Waals surface area contributed by atoms with Gasteiger partial charge in [-0.3, -0.25) is 4.79 Å². The molecule has 1 aromatic heterocycles. The van der Waals surface area contributed by atoms with Crippen LogP contribution in [-0.2, 0) is 4.79 Å². The molecule has 1 saturated heterocycles. The molecule has 1 aromatic rings. The topological polar surface area (TPSA) is 54.0 Å². The van der Waals surface area contributed by atoms with Gasteiger partial charge in [-0.05, 0) is 51.6 Å². The Morgan fingerprint density at radius 2 is 2.23 bits per heavy atom. The molecule has 128 valence electrons. The third kappa shape index (κ3) is 6.41. The SMILES string of the molecule is Cc1csc(C(C)NC(=O)CC(C)C2CCCNC2)n1.Cl.Cl. The lowest BCUT2D eigenvalue weighted by Gasteiger charge is -2.28. The summed E-state index contributed by atoms with van der Waals surface area (Å²) >= 11 is 1.61. The number of hydrogen-bond acceptors (Lipinski definition) is 4. The van der Waals surface area contributed by atoms with Crippen molar-refractivity contribution in [2.45, 2.75) is 46.1 Å². The Kier molecular flexibility index (Phi) is 10.3. The van der Waals surface area contributed by atoms with Crippen LogP contribution in [0.3, 0.4) is 0 Å². The summed E-state index contributed by atoms with van der Waals surface area (Å²) in [6, 6.07) is 0.0119. The Morgan fingerprint density at radius 3 is 2.77 bits per heavy atom. The minimum atomic E-state index is 0. The maximum atomic E-state index is 12.1. The van der Waals surface area contributed by atoms with E-state index in [9.17, 15) is 4.79 Å². The summed E-state index contributed by atoms with van der Waals surface area (Å²) in [5.74, 6) is 1.21. The predicted octanol–water partition coefficient (Wildman–Crippen LogP) is 3.50. The Bertz CT molecular complexity index is 450. The standard InChI is InChI=1S/C15H25N3OS.2ClH/c1-10(13-5-4-6-16-8-13)7-14(19)18-12(3)15-17-11(2)9-20-15;;/h9-10,12-13,16H,4-8H2,1-3H3,(H,18,19);2*1H. The molecular formula is C15H27Cl2N3OS. The van der Waals surface area contributed by atoms with E-state index in [0.717, 1.165) is 23.8 Å². The summed E-state index contributed by atoms with van der Waals surface area (Å²) in [4.78, 5) is 16.6. The minimum Gasteiger partial charge on any atom is -0.347 e. The molecule has 0 bridgehead atoms. The molecule has 2 rings (SSSR count). The quantitative estimate of drug-likeness (QED) is 0.837. The molecule has 0 spiro atoms. The molecule has 1 aliphatic rings. The van der Waals surface area contributed by atoms with Gasteiger partial charge >= 0.3 is 0 Å². The Morgan fingerprint density at radius 1 is 1.50 bits per heavy atom. The van der Waals surface area contributed by atoms with Crippen molar-refractivity contribution >= 4 is 42.1 Å². The smallest absolute Gasteiger partial charge is 0.220 e. The summed E-state index contributed by atoms with van der Waals surface area (Å²) in [6.45, 7) is 8.34. The third-order valence-corrected chi connectivity index (χ3v) is 5.18. The van der Waals surface area contributed by atoms with Gasteiger partial charge in [-0.15, -0.1) is 36.2 Å². The fraction of sp³-hybridized carbons (Fsp3) is 0.733. The molecule has 0 saturated carbocycles. The number of aryl methyl sites for hydroxylation is 1. The molecule has 1 aliphatic heterocycles. The summed E-state index contributed by atoms with van der Waals surface area (Å²) < 4.78 is 0. The van der Waals surface area contributed by atoms with Crippen LogP contribution >= 0.6 is 36.2 Å². The monoisotopic (exact) mass is 367 g/mol. The van der Waals surface area contributed by atoms with E-state index in [4.69, 9.17) is 0 Å². The summed E-state index contributed by atoms with van der Waals surface area (Å²) in [7, 11) is 0. The molecule has 3 unspecified atom stereocenters. The van der Waals surface area contributed by atoms with Crippen LogP contribution in [0.4, 0.5) is 0 Å². The number of nitrogens with one attached hydrogen (secondary N) is 2. The van der Waals surface area contributed by atoms with Gasteiger partial charge in [0.25, 0.3) is 0 Å². The molecule has 0 radical (unpaired) electrons. The number of thiazole rings is 1. The molecule has 3 atom stereocenters. The fourth-order valence-electron chi connectivity index (χ4n) is 2.76. The van der Waals surface area contributed by atoms with Gasteiger partial charge in [0.2, 0.25) is 5.91 Å². The van der Waals surface area contributed by atoms with Gasteiger partial charge in [-0.1, -0.05) is 6.92 Å². The first-order valence-electron chi connectivity index (χ1n) is 7.48. The number of carbonyl (C=O) groups is 1. The first-order chi connectivity index (χ1) is 9.56. The number of carbonyl (C=O) groups excluding carboxylic acids is 1. The second-order valence-corrected chi connectivity index (χ2v) is 6.79. The van der Waals surface area contributed by atoms with Crippen molar-refractivity contribution in [1.29, 1.82) is 0 Å². The molecule has 1 fully saturated rings. The molecule has 4 nitrogen and oxygen atoms in total. The number of hydrogen-bond donors (Lipinski definition) is 2. The van der Waals surface area contributed by atoms with Gasteiger partial charge < -0.3 is 10.6 Å². The van der Waals surface area contributed by atoms with Crippen LogP contribution < -0.4 is 10.6 Å². The highest BCUT2D eigenvalue weighted by molar-refractivity contribution is 7.09. The maximum absolute atomic E-state index is 12.1. The number of aromatic nitrogens is 1. The molecule has 22 heavy (non-hydrogen) atoms. The van der Waals surface area contributed by atoms with Crippen molar-refractivity contribution in [2.24, 2.45) is 11.8 Å². The van der Waals surface area contributed by atoms with E-state index >= 15 is 0 Å². The molecule has 0 aromatic carbocycles. The van der Waals surface area contributed by atoms with Gasteiger partial charge in [0.05, 0.1) is 6.04 Å².